The fraction of sp³-hybridized carbons (Fsp3) is 0.333. The quantitative estimate of drug-likeness (QED) is 0.873. The lowest BCUT2D eigenvalue weighted by molar-refractivity contribution is -0.125. The molecule has 136 valence electrons. The summed E-state index contributed by atoms with van der Waals surface area (Å²) in [5.41, 5.74) is 3.33. The van der Waals surface area contributed by atoms with Crippen LogP contribution in [0.15, 0.2) is 47.4 Å². The van der Waals surface area contributed by atoms with Crippen LogP contribution in [0.5, 0.6) is 0 Å². The number of nitrogens with zero attached hydrogens (tertiary/aromatic N) is 1. The van der Waals surface area contributed by atoms with E-state index in [1.807, 2.05) is 18.3 Å². The molecule has 1 aliphatic rings. The molecule has 1 N–H and O–H groups in total. The highest BCUT2D eigenvalue weighted by atomic mass is 35.5. The Hall–Kier alpha value is -2.33. The van der Waals surface area contributed by atoms with Gasteiger partial charge in [0.1, 0.15) is 5.02 Å². The molecule has 0 saturated carbocycles. The van der Waals surface area contributed by atoms with Crippen LogP contribution in [0, 0.1) is 0 Å². The van der Waals surface area contributed by atoms with Crippen LogP contribution in [0.2, 0.25) is 5.02 Å². The molecule has 1 aromatic heterocycles. The Morgan fingerprint density at radius 3 is 2.35 bits per heavy atom. The fourth-order valence-electron chi connectivity index (χ4n) is 3.02. The van der Waals surface area contributed by atoms with Gasteiger partial charge in [0.2, 0.25) is 5.91 Å². The third kappa shape index (κ3) is 3.91. The maximum Gasteiger partial charge on any atom is 0.267 e. The number of amides is 1. The number of halogens is 1. The molecule has 3 rings (SSSR count). The van der Waals surface area contributed by atoms with Gasteiger partial charge in [-0.2, -0.15) is 0 Å². The van der Waals surface area contributed by atoms with E-state index < -0.39 is 0 Å². The number of pyridine rings is 1. The fourth-order valence-corrected chi connectivity index (χ4v) is 3.13. The molecule has 26 heavy (non-hydrogen) atoms. The first-order valence-electron chi connectivity index (χ1n) is 8.77. The maximum atomic E-state index is 12.1. The molecule has 0 atom stereocenters. The minimum Gasteiger partial charge on any atom is -0.321 e. The normalized spacial score (nSPS) is 15.6. The highest BCUT2D eigenvalue weighted by molar-refractivity contribution is 6.30. The highest BCUT2D eigenvalue weighted by Crippen LogP contribution is 2.28. The van der Waals surface area contributed by atoms with Gasteiger partial charge in [0.15, 0.2) is 0 Å². The average Bonchev–Trinajstić information content (AvgIpc) is 2.99. The van der Waals surface area contributed by atoms with Gasteiger partial charge < -0.3 is 9.88 Å². The molecule has 0 spiro atoms. The summed E-state index contributed by atoms with van der Waals surface area (Å²) >= 11 is 5.87. The molecule has 2 heterocycles. The number of H-pyrrole nitrogens is 1. The van der Waals surface area contributed by atoms with E-state index in [4.69, 9.17) is 11.6 Å². The molecule has 4 nitrogen and oxygen atoms in total. The van der Waals surface area contributed by atoms with E-state index in [0.29, 0.717) is 18.7 Å². The summed E-state index contributed by atoms with van der Waals surface area (Å²) in [5.74, 6) is 0.102. The third-order valence-electron chi connectivity index (χ3n) is 4.61. The monoisotopic (exact) mass is 370 g/mol. The molecule has 1 aromatic carbocycles. The number of aromatic nitrogens is 1. The number of likely N-dealkylation sites (tertiary alicyclic amines) is 1. The van der Waals surface area contributed by atoms with Gasteiger partial charge in [-0.15, -0.1) is 0 Å². The van der Waals surface area contributed by atoms with Crippen molar-refractivity contribution < 1.29 is 4.79 Å². The third-order valence-corrected chi connectivity index (χ3v) is 4.91. The summed E-state index contributed by atoms with van der Waals surface area (Å²) in [6.45, 7) is 7.19. The molecule has 0 radical (unpaired) electrons. The van der Waals surface area contributed by atoms with E-state index in [2.05, 4.69) is 37.9 Å². The van der Waals surface area contributed by atoms with Crippen molar-refractivity contribution >= 4 is 23.1 Å². The van der Waals surface area contributed by atoms with Crippen LogP contribution in [-0.4, -0.2) is 22.3 Å². The zero-order valence-corrected chi connectivity index (χ0v) is 16.1. The van der Waals surface area contributed by atoms with Crippen LogP contribution >= 0.6 is 11.6 Å². The number of hydrogen-bond acceptors (Lipinski definition) is 2. The topological polar surface area (TPSA) is 53.2 Å². The number of rotatable bonds is 3. The summed E-state index contributed by atoms with van der Waals surface area (Å²) in [4.78, 5) is 28.6. The largest absolute Gasteiger partial charge is 0.321 e. The van der Waals surface area contributed by atoms with E-state index in [-0.39, 0.29) is 21.9 Å². The minimum absolute atomic E-state index is 0.0575. The van der Waals surface area contributed by atoms with Crippen molar-refractivity contribution in [1.82, 2.24) is 9.88 Å². The molecule has 0 unspecified atom stereocenters. The van der Waals surface area contributed by atoms with Crippen molar-refractivity contribution in [2.75, 3.05) is 6.54 Å². The van der Waals surface area contributed by atoms with E-state index in [0.717, 1.165) is 17.6 Å². The molecule has 2 aromatic rings. The van der Waals surface area contributed by atoms with E-state index in [9.17, 15) is 9.59 Å². The first-order valence-corrected chi connectivity index (χ1v) is 9.15. The second kappa shape index (κ2) is 7.12. The Bertz CT molecular complexity index is 905. The van der Waals surface area contributed by atoms with Crippen molar-refractivity contribution in [2.45, 2.75) is 39.0 Å². The molecule has 0 bridgehead atoms. The van der Waals surface area contributed by atoms with E-state index in [1.165, 1.54) is 5.56 Å². The van der Waals surface area contributed by atoms with Gasteiger partial charge in [0.05, 0.1) is 5.69 Å². The van der Waals surface area contributed by atoms with Crippen LogP contribution in [0.1, 0.15) is 50.4 Å². The lowest BCUT2D eigenvalue weighted by Crippen LogP contribution is -2.19. The van der Waals surface area contributed by atoms with E-state index >= 15 is 0 Å². The summed E-state index contributed by atoms with van der Waals surface area (Å²) in [6, 6.07) is 11.6. The number of carbonyl (C=O) groups excluding carboxylic acids is 1. The Kier molecular flexibility index (Phi) is 5.05. The second-order valence-electron chi connectivity index (χ2n) is 7.61. The predicted molar refractivity (Wildman–Crippen MR) is 105 cm³/mol. The van der Waals surface area contributed by atoms with Gasteiger partial charge in [0, 0.05) is 24.7 Å². The molecule has 1 amide bonds. The average molecular weight is 371 g/mol. The molecule has 0 aliphatic carbocycles. The van der Waals surface area contributed by atoms with Crippen molar-refractivity contribution in [3.8, 4) is 0 Å². The van der Waals surface area contributed by atoms with Gasteiger partial charge >= 0.3 is 0 Å². The summed E-state index contributed by atoms with van der Waals surface area (Å²) in [6.07, 6.45) is 3.24. The molecule has 1 fully saturated rings. The lowest BCUT2D eigenvalue weighted by atomic mass is 9.86. The predicted octanol–water partition coefficient (Wildman–Crippen LogP) is 4.34. The molecular weight excluding hydrogens is 348 g/mol. The first kappa shape index (κ1) is 18.5. The van der Waals surface area contributed by atoms with Crippen molar-refractivity contribution in [3.05, 3.63) is 74.8 Å². The summed E-state index contributed by atoms with van der Waals surface area (Å²) in [5, 5.41) is 0.147. The number of nitrogens with one attached hydrogen (secondary N) is 1. The molecule has 1 saturated heterocycles. The maximum absolute atomic E-state index is 12.1. The number of hydrogen-bond donors (Lipinski definition) is 1. The zero-order valence-electron chi connectivity index (χ0n) is 15.3. The smallest absolute Gasteiger partial charge is 0.267 e. The standard InChI is InChI=1S/C21H23ClN2O2/c1-21(2,3)15-8-6-14(7-9-15)16(13-24-12-4-5-19(24)25)18-11-10-17(22)20(26)23-18/h6-11,13H,4-5,12H2,1-3H3,(H,23,26)/b16-13+. The highest BCUT2D eigenvalue weighted by Gasteiger charge is 2.20. The van der Waals surface area contributed by atoms with Crippen LogP contribution < -0.4 is 5.56 Å². The summed E-state index contributed by atoms with van der Waals surface area (Å²) in [7, 11) is 0. The molecular formula is C21H23ClN2O2. The molecule has 1 aliphatic heterocycles. The lowest BCUT2D eigenvalue weighted by Gasteiger charge is -2.20. The Morgan fingerprint density at radius 2 is 1.81 bits per heavy atom. The van der Waals surface area contributed by atoms with Gasteiger partial charge in [-0.05, 0) is 35.1 Å². The van der Waals surface area contributed by atoms with E-state index in [1.54, 1.807) is 17.0 Å². The second-order valence-corrected chi connectivity index (χ2v) is 8.02. The molecule has 5 heteroatoms. The van der Waals surface area contributed by atoms with Gasteiger partial charge in [-0.1, -0.05) is 56.6 Å². The zero-order chi connectivity index (χ0) is 18.9. The Balaban J connectivity index is 2.08. The van der Waals surface area contributed by atoms with Gasteiger partial charge in [-0.25, -0.2) is 0 Å². The first-order chi connectivity index (χ1) is 12.3. The summed E-state index contributed by atoms with van der Waals surface area (Å²) < 4.78 is 0. The van der Waals surface area contributed by atoms with Crippen molar-refractivity contribution in [2.24, 2.45) is 0 Å². The van der Waals surface area contributed by atoms with Crippen LogP contribution in [-0.2, 0) is 10.2 Å². The minimum atomic E-state index is -0.339. The van der Waals surface area contributed by atoms with Gasteiger partial charge in [-0.3, -0.25) is 9.59 Å². The number of benzene rings is 1. The number of aromatic amines is 1. The number of carbonyl (C=O) groups is 1. The van der Waals surface area contributed by atoms with Crippen LogP contribution in [0.3, 0.4) is 0 Å². The van der Waals surface area contributed by atoms with Crippen LogP contribution in [0.25, 0.3) is 5.57 Å². The Morgan fingerprint density at radius 1 is 1.12 bits per heavy atom. The van der Waals surface area contributed by atoms with Gasteiger partial charge in [0.25, 0.3) is 5.56 Å². The van der Waals surface area contributed by atoms with Crippen LogP contribution in [0.4, 0.5) is 0 Å². The Labute approximate surface area is 158 Å². The van der Waals surface area contributed by atoms with Crippen molar-refractivity contribution in [1.29, 1.82) is 0 Å². The SMILES string of the molecule is CC(C)(C)c1ccc(/C(=C\N2CCCC2=O)c2ccc(Cl)c(=O)[nH]2)cc1. The van der Waals surface area contributed by atoms with Crippen molar-refractivity contribution in [3.63, 3.8) is 0 Å².